The number of rotatable bonds is 6. The summed E-state index contributed by atoms with van der Waals surface area (Å²) in [5, 5.41) is 18.9. The van der Waals surface area contributed by atoms with Crippen molar-refractivity contribution in [3.8, 4) is 0 Å². The summed E-state index contributed by atoms with van der Waals surface area (Å²) in [6.07, 6.45) is 3.67. The zero-order valence-electron chi connectivity index (χ0n) is 9.84. The van der Waals surface area contributed by atoms with Crippen LogP contribution in [0.3, 0.4) is 0 Å². The van der Waals surface area contributed by atoms with Crippen molar-refractivity contribution in [3.05, 3.63) is 12.2 Å². The molecule has 0 saturated heterocycles. The van der Waals surface area contributed by atoms with Gasteiger partial charge in [0.25, 0.3) is 0 Å². The topological polar surface area (TPSA) is 60.8 Å². The number of carbonyl (C=O) groups is 1. The predicted octanol–water partition coefficient (Wildman–Crippen LogP) is 0.964. The number of aliphatic carboxylic acids is 1. The van der Waals surface area contributed by atoms with Crippen LogP contribution in [0.15, 0.2) is 12.2 Å². The second-order valence-corrected chi connectivity index (χ2v) is 4.02. The van der Waals surface area contributed by atoms with Crippen molar-refractivity contribution in [2.45, 2.75) is 32.4 Å². The molecular formula is C11H21NO3. The zero-order chi connectivity index (χ0) is 12.0. The van der Waals surface area contributed by atoms with Gasteiger partial charge in [0.2, 0.25) is 0 Å². The highest BCUT2D eigenvalue weighted by atomic mass is 16.4. The molecule has 0 heterocycles. The monoisotopic (exact) mass is 215 g/mol. The number of hydrogen-bond donors (Lipinski definition) is 2. The summed E-state index contributed by atoms with van der Waals surface area (Å²) in [6.45, 7) is 3.75. The summed E-state index contributed by atoms with van der Waals surface area (Å²) in [7, 11) is 3.31. The van der Waals surface area contributed by atoms with Crippen molar-refractivity contribution in [1.82, 2.24) is 4.90 Å². The molecule has 0 spiro atoms. The van der Waals surface area contributed by atoms with Gasteiger partial charge < -0.3 is 10.2 Å². The van der Waals surface area contributed by atoms with Gasteiger partial charge in [-0.2, -0.15) is 0 Å². The Hall–Kier alpha value is -0.870. The Balaban J connectivity index is 4.48. The highest BCUT2D eigenvalue weighted by molar-refractivity contribution is 5.74. The average molecular weight is 215 g/mol. The molecule has 3 atom stereocenters. The lowest BCUT2D eigenvalue weighted by Crippen LogP contribution is -2.47. The van der Waals surface area contributed by atoms with Crippen LogP contribution in [0.5, 0.6) is 0 Å². The summed E-state index contributed by atoms with van der Waals surface area (Å²) in [5.74, 6) is -1.05. The Bertz CT molecular complexity index is 226. The van der Waals surface area contributed by atoms with E-state index in [4.69, 9.17) is 5.11 Å². The van der Waals surface area contributed by atoms with Crippen LogP contribution >= 0.6 is 0 Å². The van der Waals surface area contributed by atoms with E-state index in [1.54, 1.807) is 14.1 Å². The zero-order valence-corrected chi connectivity index (χ0v) is 9.84. The lowest BCUT2D eigenvalue weighted by atomic mass is 9.94. The number of aliphatic hydroxyl groups is 1. The Kier molecular flexibility index (Phi) is 6.20. The van der Waals surface area contributed by atoms with Gasteiger partial charge in [-0.25, -0.2) is 0 Å². The number of allylic oxidation sites excluding steroid dienone is 2. The first-order valence-corrected chi connectivity index (χ1v) is 5.10. The van der Waals surface area contributed by atoms with Gasteiger partial charge in [-0.15, -0.1) is 0 Å². The number of aliphatic hydroxyl groups excluding tert-OH is 1. The van der Waals surface area contributed by atoms with Crippen LogP contribution in [-0.2, 0) is 4.79 Å². The number of hydrogen-bond acceptors (Lipinski definition) is 3. The van der Waals surface area contributed by atoms with E-state index in [9.17, 15) is 9.90 Å². The van der Waals surface area contributed by atoms with E-state index in [2.05, 4.69) is 0 Å². The molecule has 0 saturated carbocycles. The molecule has 0 aliphatic rings. The summed E-state index contributed by atoms with van der Waals surface area (Å²) in [5.41, 5.74) is 0. The summed E-state index contributed by atoms with van der Waals surface area (Å²) >= 11 is 0. The van der Waals surface area contributed by atoms with E-state index < -0.39 is 18.1 Å². The molecule has 15 heavy (non-hydrogen) atoms. The lowest BCUT2D eigenvalue weighted by molar-refractivity contribution is -0.147. The van der Waals surface area contributed by atoms with Crippen LogP contribution in [-0.4, -0.2) is 47.3 Å². The van der Waals surface area contributed by atoms with Crippen LogP contribution in [0.2, 0.25) is 0 Å². The first-order valence-electron chi connectivity index (χ1n) is 5.10. The number of likely N-dealkylation sites (N-methyl/N-ethyl adjacent to an activating group) is 1. The quantitative estimate of drug-likeness (QED) is 0.648. The normalized spacial score (nSPS) is 18.0. The van der Waals surface area contributed by atoms with Crippen molar-refractivity contribution in [1.29, 1.82) is 0 Å². The van der Waals surface area contributed by atoms with Crippen molar-refractivity contribution >= 4 is 5.97 Å². The molecule has 4 heteroatoms. The maximum Gasteiger partial charge on any atom is 0.323 e. The fourth-order valence-electron chi connectivity index (χ4n) is 1.47. The second-order valence-electron chi connectivity index (χ2n) is 4.02. The van der Waals surface area contributed by atoms with Gasteiger partial charge in [0.15, 0.2) is 0 Å². The van der Waals surface area contributed by atoms with Crippen LogP contribution in [0.4, 0.5) is 0 Å². The van der Waals surface area contributed by atoms with Gasteiger partial charge in [0, 0.05) is 0 Å². The van der Waals surface area contributed by atoms with Crippen LogP contribution < -0.4 is 0 Å². The van der Waals surface area contributed by atoms with Gasteiger partial charge in [0.1, 0.15) is 6.04 Å². The van der Waals surface area contributed by atoms with Gasteiger partial charge in [-0.1, -0.05) is 19.1 Å². The first-order chi connectivity index (χ1) is 6.91. The molecule has 0 unspecified atom stereocenters. The fourth-order valence-corrected chi connectivity index (χ4v) is 1.47. The maximum absolute atomic E-state index is 10.9. The Morgan fingerprint density at radius 2 is 2.00 bits per heavy atom. The summed E-state index contributed by atoms with van der Waals surface area (Å²) in [6, 6.07) is -0.842. The van der Waals surface area contributed by atoms with Crippen LogP contribution in [0.1, 0.15) is 20.3 Å². The molecular weight excluding hydrogens is 194 g/mol. The average Bonchev–Trinajstić information content (AvgIpc) is 2.12. The molecule has 88 valence electrons. The van der Waals surface area contributed by atoms with E-state index in [0.29, 0.717) is 6.42 Å². The highest BCUT2D eigenvalue weighted by Crippen LogP contribution is 2.15. The SMILES string of the molecule is C/C=C/C[C@@H](C)[C@@H](O)[C@@H](C(=O)O)N(C)C. The summed E-state index contributed by atoms with van der Waals surface area (Å²) < 4.78 is 0. The molecule has 0 amide bonds. The van der Waals surface area contributed by atoms with Gasteiger partial charge in [-0.3, -0.25) is 9.69 Å². The minimum Gasteiger partial charge on any atom is -0.480 e. The molecule has 0 aromatic carbocycles. The van der Waals surface area contributed by atoms with E-state index in [1.165, 1.54) is 4.90 Å². The molecule has 0 aliphatic carbocycles. The van der Waals surface area contributed by atoms with Crippen molar-refractivity contribution in [2.75, 3.05) is 14.1 Å². The first kappa shape index (κ1) is 14.1. The third kappa shape index (κ3) is 4.44. The molecule has 0 radical (unpaired) electrons. The molecule has 0 aromatic rings. The lowest BCUT2D eigenvalue weighted by Gasteiger charge is -2.28. The minimum absolute atomic E-state index is 0.0651. The molecule has 4 nitrogen and oxygen atoms in total. The summed E-state index contributed by atoms with van der Waals surface area (Å²) in [4.78, 5) is 12.5. The molecule has 0 aromatic heterocycles. The molecule has 0 rings (SSSR count). The van der Waals surface area contributed by atoms with E-state index in [-0.39, 0.29) is 5.92 Å². The molecule has 2 N–H and O–H groups in total. The number of carboxylic acids is 1. The molecule has 0 bridgehead atoms. The number of nitrogens with zero attached hydrogens (tertiary/aromatic N) is 1. The predicted molar refractivity (Wildman–Crippen MR) is 59.7 cm³/mol. The standard InChI is InChI=1S/C11H21NO3/c1-5-6-7-8(2)10(13)9(11(14)15)12(3)4/h5-6,8-10,13H,7H2,1-4H3,(H,14,15)/b6-5+/t8-,9+,10-/m1/s1. The molecule has 0 fully saturated rings. The van der Waals surface area contributed by atoms with Crippen molar-refractivity contribution in [3.63, 3.8) is 0 Å². The fraction of sp³-hybridized carbons (Fsp3) is 0.727. The van der Waals surface area contributed by atoms with Crippen LogP contribution in [0.25, 0.3) is 0 Å². The van der Waals surface area contributed by atoms with Crippen LogP contribution in [0, 0.1) is 5.92 Å². The Morgan fingerprint density at radius 1 is 1.47 bits per heavy atom. The van der Waals surface area contributed by atoms with Gasteiger partial charge in [0.05, 0.1) is 6.10 Å². The Morgan fingerprint density at radius 3 is 2.33 bits per heavy atom. The van der Waals surface area contributed by atoms with E-state index >= 15 is 0 Å². The van der Waals surface area contributed by atoms with Gasteiger partial charge in [-0.05, 0) is 33.4 Å². The van der Waals surface area contributed by atoms with Crippen molar-refractivity contribution < 1.29 is 15.0 Å². The van der Waals surface area contributed by atoms with E-state index in [1.807, 2.05) is 26.0 Å². The molecule has 0 aliphatic heterocycles. The Labute approximate surface area is 91.2 Å². The third-order valence-corrected chi connectivity index (χ3v) is 2.46. The second kappa shape index (κ2) is 6.58. The van der Waals surface area contributed by atoms with Crippen molar-refractivity contribution in [2.24, 2.45) is 5.92 Å². The smallest absolute Gasteiger partial charge is 0.323 e. The highest BCUT2D eigenvalue weighted by Gasteiger charge is 2.31. The third-order valence-electron chi connectivity index (χ3n) is 2.46. The largest absolute Gasteiger partial charge is 0.480 e. The number of carboxylic acid groups (broad SMARTS) is 1. The minimum atomic E-state index is -0.986. The van der Waals surface area contributed by atoms with E-state index in [0.717, 1.165) is 0 Å². The maximum atomic E-state index is 10.9. The van der Waals surface area contributed by atoms with Gasteiger partial charge >= 0.3 is 5.97 Å².